The number of nitrogens with two attached hydrogens (primary N) is 1. The Morgan fingerprint density at radius 2 is 2.26 bits per heavy atom. The van der Waals surface area contributed by atoms with Crippen LogP contribution < -0.4 is 5.73 Å². The number of carbonyl (C=O) groups is 1. The second kappa shape index (κ2) is 5.99. The number of carbonyl (C=O) groups excluding carboxylic acids is 1. The van der Waals surface area contributed by atoms with Crippen LogP contribution in [0.2, 0.25) is 10.0 Å². The first-order valence-electron chi connectivity index (χ1n) is 6.17. The van der Waals surface area contributed by atoms with E-state index in [1.807, 2.05) is 11.8 Å². The Balaban J connectivity index is 2.28. The van der Waals surface area contributed by atoms with Crippen LogP contribution in [-0.2, 0) is 4.74 Å². The number of benzene rings is 1. The molecule has 2 N–H and O–H groups in total. The van der Waals surface area contributed by atoms with E-state index in [9.17, 15) is 4.79 Å². The second-order valence-electron chi connectivity index (χ2n) is 4.50. The van der Waals surface area contributed by atoms with Crippen molar-refractivity contribution in [2.45, 2.75) is 19.4 Å². The van der Waals surface area contributed by atoms with E-state index >= 15 is 0 Å². The van der Waals surface area contributed by atoms with Gasteiger partial charge in [-0.2, -0.15) is 0 Å². The van der Waals surface area contributed by atoms with E-state index in [2.05, 4.69) is 0 Å². The predicted molar refractivity (Wildman–Crippen MR) is 76.8 cm³/mol. The molecule has 19 heavy (non-hydrogen) atoms. The smallest absolute Gasteiger partial charge is 0.254 e. The number of halogens is 2. The van der Waals surface area contributed by atoms with E-state index in [0.717, 1.165) is 6.42 Å². The van der Waals surface area contributed by atoms with Crippen LogP contribution in [0.5, 0.6) is 0 Å². The van der Waals surface area contributed by atoms with Crippen LogP contribution in [0.4, 0.5) is 5.69 Å². The molecule has 1 fully saturated rings. The highest BCUT2D eigenvalue weighted by Crippen LogP contribution is 2.30. The van der Waals surface area contributed by atoms with Crippen LogP contribution in [0.1, 0.15) is 23.7 Å². The van der Waals surface area contributed by atoms with Gasteiger partial charge in [-0.15, -0.1) is 0 Å². The third-order valence-electron chi connectivity index (χ3n) is 3.26. The summed E-state index contributed by atoms with van der Waals surface area (Å²) in [7, 11) is 0. The van der Waals surface area contributed by atoms with Gasteiger partial charge in [0.05, 0.1) is 35.0 Å². The van der Waals surface area contributed by atoms with Crippen molar-refractivity contribution in [1.29, 1.82) is 0 Å². The minimum Gasteiger partial charge on any atom is -0.397 e. The third kappa shape index (κ3) is 2.96. The van der Waals surface area contributed by atoms with E-state index in [-0.39, 0.29) is 17.0 Å². The molecule has 0 bridgehead atoms. The average Bonchev–Trinajstić information content (AvgIpc) is 2.43. The summed E-state index contributed by atoms with van der Waals surface area (Å²) >= 11 is 11.9. The number of hydrogen-bond acceptors (Lipinski definition) is 3. The van der Waals surface area contributed by atoms with Crippen LogP contribution in [-0.4, -0.2) is 36.6 Å². The SMILES string of the molecule is CCC1COCCN1C(=O)c1cc(N)c(Cl)c(Cl)c1. The van der Waals surface area contributed by atoms with Crippen LogP contribution in [0, 0.1) is 0 Å². The molecule has 6 heteroatoms. The van der Waals surface area contributed by atoms with E-state index < -0.39 is 0 Å². The van der Waals surface area contributed by atoms with Gasteiger partial charge in [0.2, 0.25) is 0 Å². The number of nitrogen functional groups attached to an aromatic ring is 1. The topological polar surface area (TPSA) is 55.6 Å². The van der Waals surface area contributed by atoms with Gasteiger partial charge < -0.3 is 15.4 Å². The Hall–Kier alpha value is -0.970. The summed E-state index contributed by atoms with van der Waals surface area (Å²) in [5.74, 6) is -0.0829. The molecule has 1 aliphatic heterocycles. The third-order valence-corrected chi connectivity index (χ3v) is 4.08. The zero-order valence-electron chi connectivity index (χ0n) is 10.7. The normalized spacial score (nSPS) is 19.5. The monoisotopic (exact) mass is 302 g/mol. The molecule has 0 aromatic heterocycles. The number of nitrogens with zero attached hydrogens (tertiary/aromatic N) is 1. The average molecular weight is 303 g/mol. The molecule has 2 rings (SSSR count). The maximum absolute atomic E-state index is 12.5. The number of ether oxygens (including phenoxy) is 1. The summed E-state index contributed by atoms with van der Waals surface area (Å²) in [4.78, 5) is 14.3. The van der Waals surface area contributed by atoms with Gasteiger partial charge in [-0.25, -0.2) is 0 Å². The zero-order valence-corrected chi connectivity index (χ0v) is 12.2. The molecule has 0 aliphatic carbocycles. The van der Waals surface area contributed by atoms with Crippen LogP contribution in [0.3, 0.4) is 0 Å². The number of morpholine rings is 1. The van der Waals surface area contributed by atoms with Crippen molar-refractivity contribution in [3.8, 4) is 0 Å². The quantitative estimate of drug-likeness (QED) is 0.855. The Morgan fingerprint density at radius 3 is 2.89 bits per heavy atom. The number of anilines is 1. The zero-order chi connectivity index (χ0) is 14.0. The summed E-state index contributed by atoms with van der Waals surface area (Å²) in [5.41, 5.74) is 6.53. The van der Waals surface area contributed by atoms with Gasteiger partial charge in [0.25, 0.3) is 5.91 Å². The lowest BCUT2D eigenvalue weighted by atomic mass is 10.1. The maximum Gasteiger partial charge on any atom is 0.254 e. The van der Waals surface area contributed by atoms with Gasteiger partial charge in [0, 0.05) is 12.1 Å². The highest BCUT2D eigenvalue weighted by atomic mass is 35.5. The highest BCUT2D eigenvalue weighted by Gasteiger charge is 2.27. The molecule has 1 unspecified atom stereocenters. The molecule has 1 aromatic carbocycles. The maximum atomic E-state index is 12.5. The number of amides is 1. The Kier molecular flexibility index (Phi) is 4.55. The lowest BCUT2D eigenvalue weighted by Crippen LogP contribution is -2.48. The summed E-state index contributed by atoms with van der Waals surface area (Å²) in [6.45, 7) is 3.73. The highest BCUT2D eigenvalue weighted by molar-refractivity contribution is 6.43. The first-order valence-corrected chi connectivity index (χ1v) is 6.93. The molecule has 1 aromatic rings. The van der Waals surface area contributed by atoms with Crippen molar-refractivity contribution in [2.75, 3.05) is 25.5 Å². The fraction of sp³-hybridized carbons (Fsp3) is 0.462. The molecular formula is C13H16Cl2N2O2. The largest absolute Gasteiger partial charge is 0.397 e. The van der Waals surface area contributed by atoms with Crippen molar-refractivity contribution in [2.24, 2.45) is 0 Å². The lowest BCUT2D eigenvalue weighted by Gasteiger charge is -2.35. The predicted octanol–water partition coefficient (Wildman–Crippen LogP) is 2.83. The van der Waals surface area contributed by atoms with Gasteiger partial charge in [-0.1, -0.05) is 30.1 Å². The number of hydrogen-bond donors (Lipinski definition) is 1. The first kappa shape index (κ1) is 14.4. The molecule has 1 saturated heterocycles. The Labute approximate surface area is 122 Å². The molecule has 1 aliphatic rings. The van der Waals surface area contributed by atoms with Crippen LogP contribution >= 0.6 is 23.2 Å². The summed E-state index contributed by atoms with van der Waals surface area (Å²) in [6.07, 6.45) is 0.850. The van der Waals surface area contributed by atoms with Gasteiger partial charge in [-0.3, -0.25) is 4.79 Å². The lowest BCUT2D eigenvalue weighted by molar-refractivity contribution is -0.00279. The minimum atomic E-state index is -0.0829. The summed E-state index contributed by atoms with van der Waals surface area (Å²) < 4.78 is 5.39. The number of rotatable bonds is 2. The molecule has 0 saturated carbocycles. The van der Waals surface area contributed by atoms with E-state index in [4.69, 9.17) is 33.7 Å². The van der Waals surface area contributed by atoms with Crippen molar-refractivity contribution in [3.05, 3.63) is 27.7 Å². The minimum absolute atomic E-state index is 0.0829. The molecule has 0 spiro atoms. The summed E-state index contributed by atoms with van der Waals surface area (Å²) in [5, 5.41) is 0.582. The van der Waals surface area contributed by atoms with E-state index in [1.165, 1.54) is 0 Å². The van der Waals surface area contributed by atoms with Crippen molar-refractivity contribution < 1.29 is 9.53 Å². The fourth-order valence-corrected chi connectivity index (χ4v) is 2.50. The second-order valence-corrected chi connectivity index (χ2v) is 5.28. The molecular weight excluding hydrogens is 287 g/mol. The van der Waals surface area contributed by atoms with Gasteiger partial charge in [0.15, 0.2) is 0 Å². The molecule has 0 radical (unpaired) electrons. The van der Waals surface area contributed by atoms with Gasteiger partial charge in [0.1, 0.15) is 0 Å². The van der Waals surface area contributed by atoms with Crippen molar-refractivity contribution in [3.63, 3.8) is 0 Å². The van der Waals surface area contributed by atoms with Gasteiger partial charge in [-0.05, 0) is 18.6 Å². The molecule has 1 heterocycles. The van der Waals surface area contributed by atoms with Gasteiger partial charge >= 0.3 is 0 Å². The molecule has 1 atom stereocenters. The van der Waals surface area contributed by atoms with Crippen molar-refractivity contribution >= 4 is 34.8 Å². The molecule has 104 valence electrons. The van der Waals surface area contributed by atoms with Crippen molar-refractivity contribution in [1.82, 2.24) is 4.90 Å². The van der Waals surface area contributed by atoms with Crippen LogP contribution in [0.15, 0.2) is 12.1 Å². The Bertz CT molecular complexity index is 471. The van der Waals surface area contributed by atoms with E-state index in [0.29, 0.717) is 36.0 Å². The van der Waals surface area contributed by atoms with Crippen LogP contribution in [0.25, 0.3) is 0 Å². The van der Waals surface area contributed by atoms with E-state index in [1.54, 1.807) is 12.1 Å². The molecule has 4 nitrogen and oxygen atoms in total. The Morgan fingerprint density at radius 1 is 1.53 bits per heavy atom. The fourth-order valence-electron chi connectivity index (χ4n) is 2.16. The standard InChI is InChI=1S/C13H16Cl2N2O2/c1-2-9-7-19-4-3-17(9)13(18)8-5-10(14)12(15)11(16)6-8/h5-6,9H,2-4,7,16H2,1H3. The first-order chi connectivity index (χ1) is 9.04. The summed E-state index contributed by atoms with van der Waals surface area (Å²) in [6, 6.07) is 3.22. The molecule has 1 amide bonds.